The molecule has 0 aromatic carbocycles. The third-order valence-electron chi connectivity index (χ3n) is 2.97. The first-order valence-corrected chi connectivity index (χ1v) is 8.49. The fourth-order valence-electron chi connectivity index (χ4n) is 1.61. The van der Waals surface area contributed by atoms with Crippen LogP contribution in [-0.4, -0.2) is 52.0 Å². The van der Waals surface area contributed by atoms with Gasteiger partial charge in [-0.1, -0.05) is 0 Å². The molecular weight excluding hydrogens is 356 g/mol. The van der Waals surface area contributed by atoms with Gasteiger partial charge in [0.1, 0.15) is 9.77 Å². The van der Waals surface area contributed by atoms with Gasteiger partial charge in [0, 0.05) is 26.2 Å². The molecule has 19 heavy (non-hydrogen) atoms. The van der Waals surface area contributed by atoms with Crippen LogP contribution in [0, 0.1) is 0 Å². The maximum Gasteiger partial charge on any atom is 0.348 e. The smallest absolute Gasteiger partial charge is 0.348 e. The van der Waals surface area contributed by atoms with Gasteiger partial charge >= 0.3 is 5.97 Å². The molecule has 0 spiro atoms. The van der Waals surface area contributed by atoms with Crippen LogP contribution in [0.5, 0.6) is 0 Å². The van der Waals surface area contributed by atoms with Crippen molar-refractivity contribution >= 4 is 43.3 Å². The van der Waals surface area contributed by atoms with E-state index in [0.29, 0.717) is 16.9 Å². The molecule has 2 rings (SSSR count). The number of ether oxygens (including phenoxy) is 1. The van der Waals surface area contributed by atoms with Gasteiger partial charge in [0.25, 0.3) is 0 Å². The Bertz CT molecular complexity index is 595. The first-order valence-electron chi connectivity index (χ1n) is 5.44. The van der Waals surface area contributed by atoms with E-state index in [-0.39, 0.29) is 15.8 Å². The second-order valence-corrected chi connectivity index (χ2v) is 8.41. The van der Waals surface area contributed by atoms with E-state index in [2.05, 4.69) is 26.0 Å². The highest BCUT2D eigenvalue weighted by molar-refractivity contribution is 9.11. The molecule has 0 bridgehead atoms. The molecule has 1 N–H and O–H groups in total. The number of nitrogens with zero attached hydrogens (tertiary/aromatic N) is 1. The van der Waals surface area contributed by atoms with Crippen molar-refractivity contribution in [3.63, 3.8) is 0 Å². The topological polar surface area (TPSA) is 75.7 Å². The monoisotopic (exact) mass is 368 g/mol. The Morgan fingerprint density at radius 3 is 2.68 bits per heavy atom. The van der Waals surface area contributed by atoms with Crippen molar-refractivity contribution in [3.8, 4) is 0 Å². The molecule has 1 aliphatic rings. The average Bonchev–Trinajstić information content (AvgIpc) is 2.68. The minimum atomic E-state index is -3.60. The lowest BCUT2D eigenvalue weighted by atomic mass is 10.2. The maximum atomic E-state index is 12.4. The van der Waals surface area contributed by atoms with Crippen LogP contribution in [0.2, 0.25) is 0 Å². The van der Waals surface area contributed by atoms with Crippen LogP contribution >= 0.6 is 27.3 Å². The zero-order chi connectivity index (χ0) is 14.2. The minimum Gasteiger partial charge on any atom is -0.465 e. The Morgan fingerprint density at radius 1 is 1.58 bits per heavy atom. The summed E-state index contributed by atoms with van der Waals surface area (Å²) in [6.45, 7) is 1.28. The molecule has 9 heteroatoms. The van der Waals surface area contributed by atoms with Crippen molar-refractivity contribution in [2.45, 2.75) is 10.9 Å². The highest BCUT2D eigenvalue weighted by Crippen LogP contribution is 2.34. The standard InChI is InChI=1S/C10H13BrN2O4S2/c1-13(6-4-12-5-6)19(15,16)8-3-7(10(14)17-2)18-9(8)11/h3,6,12H,4-5H2,1-2H3. The van der Waals surface area contributed by atoms with Crippen LogP contribution in [0.15, 0.2) is 14.7 Å². The molecule has 2 heterocycles. The number of hydrogen-bond acceptors (Lipinski definition) is 6. The number of methoxy groups -OCH3 is 1. The quantitative estimate of drug-likeness (QED) is 0.798. The molecule has 0 aliphatic carbocycles. The third kappa shape index (κ3) is 2.70. The van der Waals surface area contributed by atoms with E-state index < -0.39 is 16.0 Å². The number of likely N-dealkylation sites (N-methyl/N-ethyl adjacent to an activating group) is 1. The molecular formula is C10H13BrN2O4S2. The molecule has 1 fully saturated rings. The lowest BCUT2D eigenvalue weighted by Gasteiger charge is -2.34. The first kappa shape index (κ1) is 14.9. The van der Waals surface area contributed by atoms with E-state index in [1.165, 1.54) is 17.5 Å². The zero-order valence-corrected chi connectivity index (χ0v) is 13.6. The summed E-state index contributed by atoms with van der Waals surface area (Å²) in [5, 5.41) is 3.02. The Kier molecular flexibility index (Phi) is 4.31. The van der Waals surface area contributed by atoms with Crippen molar-refractivity contribution < 1.29 is 17.9 Å². The van der Waals surface area contributed by atoms with Crippen LogP contribution in [0.4, 0.5) is 0 Å². The average molecular weight is 369 g/mol. The number of carbonyl (C=O) groups is 1. The zero-order valence-electron chi connectivity index (χ0n) is 10.3. The number of halogens is 1. The van der Waals surface area contributed by atoms with E-state index >= 15 is 0 Å². The second kappa shape index (κ2) is 5.49. The number of nitrogens with one attached hydrogen (secondary N) is 1. The van der Waals surface area contributed by atoms with E-state index in [0.717, 1.165) is 11.3 Å². The van der Waals surface area contributed by atoms with Crippen molar-refractivity contribution in [3.05, 3.63) is 14.7 Å². The molecule has 0 atom stereocenters. The summed E-state index contributed by atoms with van der Waals surface area (Å²) in [6.07, 6.45) is 0. The van der Waals surface area contributed by atoms with Gasteiger partial charge in [-0.05, 0) is 22.0 Å². The third-order valence-corrected chi connectivity index (χ3v) is 7.12. The molecule has 106 valence electrons. The van der Waals surface area contributed by atoms with Crippen LogP contribution in [-0.2, 0) is 14.8 Å². The maximum absolute atomic E-state index is 12.4. The van der Waals surface area contributed by atoms with E-state index in [1.807, 2.05) is 0 Å². The summed E-state index contributed by atoms with van der Waals surface area (Å²) >= 11 is 4.25. The molecule has 1 saturated heterocycles. The number of carbonyl (C=O) groups excluding carboxylic acids is 1. The van der Waals surface area contributed by atoms with Gasteiger partial charge in [-0.3, -0.25) is 0 Å². The van der Waals surface area contributed by atoms with E-state index in [1.54, 1.807) is 7.05 Å². The fourth-order valence-corrected chi connectivity index (χ4v) is 5.40. The number of sulfonamides is 1. The summed E-state index contributed by atoms with van der Waals surface area (Å²) in [6, 6.07) is 1.30. The molecule has 0 unspecified atom stereocenters. The number of esters is 1. The Balaban J connectivity index is 2.34. The lowest BCUT2D eigenvalue weighted by Crippen LogP contribution is -2.57. The number of rotatable bonds is 4. The lowest BCUT2D eigenvalue weighted by molar-refractivity contribution is 0.0606. The highest BCUT2D eigenvalue weighted by atomic mass is 79.9. The van der Waals surface area contributed by atoms with Crippen LogP contribution in [0.1, 0.15) is 9.67 Å². The summed E-state index contributed by atoms with van der Waals surface area (Å²) in [5.41, 5.74) is 0. The SMILES string of the molecule is COC(=O)c1cc(S(=O)(=O)N(C)C2CNC2)c(Br)s1. The molecule has 6 nitrogen and oxygen atoms in total. The Labute approximate surface area is 123 Å². The van der Waals surface area contributed by atoms with E-state index in [4.69, 9.17) is 0 Å². The van der Waals surface area contributed by atoms with Gasteiger partial charge in [0.15, 0.2) is 0 Å². The van der Waals surface area contributed by atoms with Gasteiger partial charge in [0.2, 0.25) is 10.0 Å². The van der Waals surface area contributed by atoms with Crippen LogP contribution in [0.25, 0.3) is 0 Å². The largest absolute Gasteiger partial charge is 0.465 e. The Morgan fingerprint density at radius 2 is 2.21 bits per heavy atom. The molecule has 1 aliphatic heterocycles. The van der Waals surface area contributed by atoms with Gasteiger partial charge in [0.05, 0.1) is 10.9 Å². The summed E-state index contributed by atoms with van der Waals surface area (Å²) in [5.74, 6) is -0.542. The van der Waals surface area contributed by atoms with Crippen molar-refractivity contribution in [2.24, 2.45) is 0 Å². The van der Waals surface area contributed by atoms with Crippen molar-refractivity contribution in [1.29, 1.82) is 0 Å². The number of hydrogen-bond donors (Lipinski definition) is 1. The normalized spacial score (nSPS) is 16.4. The highest BCUT2D eigenvalue weighted by Gasteiger charge is 2.34. The molecule has 0 radical (unpaired) electrons. The second-order valence-electron chi connectivity index (χ2n) is 4.07. The van der Waals surface area contributed by atoms with Crippen molar-refractivity contribution in [2.75, 3.05) is 27.2 Å². The molecule has 1 aromatic rings. The summed E-state index contributed by atoms with van der Waals surface area (Å²) in [7, 11) is -0.797. The number of thiophene rings is 1. The molecule has 1 aromatic heterocycles. The van der Waals surface area contributed by atoms with Crippen LogP contribution < -0.4 is 5.32 Å². The van der Waals surface area contributed by atoms with Gasteiger partial charge in [-0.15, -0.1) is 11.3 Å². The Hall–Kier alpha value is -0.480. The van der Waals surface area contributed by atoms with Gasteiger partial charge < -0.3 is 10.1 Å². The molecule has 0 saturated carbocycles. The predicted molar refractivity (Wildman–Crippen MR) is 75.0 cm³/mol. The van der Waals surface area contributed by atoms with Crippen molar-refractivity contribution in [1.82, 2.24) is 9.62 Å². The minimum absolute atomic E-state index is 0.0432. The van der Waals surface area contributed by atoms with Crippen LogP contribution in [0.3, 0.4) is 0 Å². The predicted octanol–water partition coefficient (Wildman–Crippen LogP) is 0.890. The molecule has 0 amide bonds. The van der Waals surface area contributed by atoms with E-state index in [9.17, 15) is 13.2 Å². The van der Waals surface area contributed by atoms with Gasteiger partial charge in [-0.25, -0.2) is 13.2 Å². The first-order chi connectivity index (χ1) is 8.87. The fraction of sp³-hybridized carbons (Fsp3) is 0.500. The summed E-state index contributed by atoms with van der Waals surface area (Å²) < 4.78 is 31.2. The summed E-state index contributed by atoms with van der Waals surface area (Å²) in [4.78, 5) is 11.8. The van der Waals surface area contributed by atoms with Gasteiger partial charge in [-0.2, -0.15) is 4.31 Å².